The number of esters is 1. The van der Waals surface area contributed by atoms with Gasteiger partial charge >= 0.3 is 11.9 Å². The van der Waals surface area contributed by atoms with Gasteiger partial charge in [0.2, 0.25) is 0 Å². The number of hydrogen-bond donors (Lipinski definition) is 2. The molecule has 1 aromatic heterocycles. The van der Waals surface area contributed by atoms with E-state index in [-0.39, 0.29) is 47.9 Å². The molecule has 44 heavy (non-hydrogen) atoms. The highest BCUT2D eigenvalue weighted by Gasteiger charge is 2.59. The average Bonchev–Trinajstić information content (AvgIpc) is 3.62. The van der Waals surface area contributed by atoms with Crippen LogP contribution in [-0.4, -0.2) is 87.5 Å². The first-order valence-corrected chi connectivity index (χ1v) is 15.6. The number of alkyl halides is 2. The zero-order valence-electron chi connectivity index (χ0n) is 25.0. The van der Waals surface area contributed by atoms with E-state index in [4.69, 9.17) is 4.74 Å². The van der Waals surface area contributed by atoms with Crippen molar-refractivity contribution >= 4 is 29.1 Å². The van der Waals surface area contributed by atoms with Gasteiger partial charge in [-0.15, -0.1) is 11.3 Å². The Bertz CT molecular complexity index is 1520. The Balaban J connectivity index is 1.25. The summed E-state index contributed by atoms with van der Waals surface area (Å²) in [6.07, 6.45) is 2.73. The maximum atomic E-state index is 15.5. The standard InChI is InChI=1S/C31H36F3N5O4S/c1-16-19(6-5-7-21(16)32)25-24(28(40)41)22(36-26(37-25)27-35-8-9-44-27)13-39-15-31(33,34)20-12-38(14-23(20)39)18-10-17(11-18)29(42)43-30(2,3)4/h5-9,17-18,20,23,25H,10-15H2,1-4H3,(H,36,37)(H,40,41)/t17?,18?,20-,23+,25?/m1/s1. The zero-order valence-corrected chi connectivity index (χ0v) is 25.8. The quantitative estimate of drug-likeness (QED) is 0.434. The molecule has 236 valence electrons. The number of aliphatic imine (C=N–C) groups is 1. The van der Waals surface area contributed by atoms with Crippen molar-refractivity contribution in [2.75, 3.05) is 26.2 Å². The Labute approximate surface area is 257 Å². The summed E-state index contributed by atoms with van der Waals surface area (Å²) < 4.78 is 51.1. The average molecular weight is 632 g/mol. The number of carboxylic acids is 1. The summed E-state index contributed by atoms with van der Waals surface area (Å²) in [6.45, 7) is 7.03. The molecule has 1 aliphatic carbocycles. The largest absolute Gasteiger partial charge is 0.478 e. The van der Waals surface area contributed by atoms with E-state index in [1.807, 2.05) is 25.7 Å². The zero-order chi connectivity index (χ0) is 31.6. The van der Waals surface area contributed by atoms with Crippen LogP contribution in [0.4, 0.5) is 13.2 Å². The second kappa shape index (κ2) is 11.3. The highest BCUT2D eigenvalue weighted by atomic mass is 32.1. The predicted molar refractivity (Wildman–Crippen MR) is 158 cm³/mol. The van der Waals surface area contributed by atoms with Crippen LogP contribution in [0.3, 0.4) is 0 Å². The molecule has 0 radical (unpaired) electrons. The topological polar surface area (TPSA) is 107 Å². The molecule has 13 heteroatoms. The maximum absolute atomic E-state index is 15.5. The number of nitrogens with zero attached hydrogens (tertiary/aromatic N) is 4. The van der Waals surface area contributed by atoms with E-state index < -0.39 is 47.9 Å². The molecular weight excluding hydrogens is 595 g/mol. The number of carboxylic acid groups (broad SMARTS) is 1. The monoisotopic (exact) mass is 631 g/mol. The van der Waals surface area contributed by atoms with Crippen molar-refractivity contribution in [3.8, 4) is 0 Å². The summed E-state index contributed by atoms with van der Waals surface area (Å²) in [5, 5.41) is 15.8. The van der Waals surface area contributed by atoms with Crippen molar-refractivity contribution < 1.29 is 32.6 Å². The number of hydrogen-bond acceptors (Lipinski definition) is 9. The van der Waals surface area contributed by atoms with Gasteiger partial charge in [-0.05, 0) is 57.7 Å². The molecule has 2 N–H and O–H groups in total. The highest BCUT2D eigenvalue weighted by Crippen LogP contribution is 2.46. The van der Waals surface area contributed by atoms with Gasteiger partial charge in [-0.25, -0.2) is 22.9 Å². The number of benzene rings is 1. The maximum Gasteiger partial charge on any atom is 0.335 e. The second-order valence-corrected chi connectivity index (χ2v) is 14.0. The van der Waals surface area contributed by atoms with Crippen LogP contribution in [-0.2, 0) is 14.3 Å². The molecule has 2 aromatic rings. The third-order valence-corrected chi connectivity index (χ3v) is 9.85. The number of carbonyl (C=O) groups is 2. The van der Waals surface area contributed by atoms with Gasteiger partial charge in [-0.2, -0.15) is 0 Å². The summed E-state index contributed by atoms with van der Waals surface area (Å²) in [7, 11) is 0. The normalized spacial score (nSPS) is 28.7. The number of thiazole rings is 1. The molecule has 0 spiro atoms. The van der Waals surface area contributed by atoms with Crippen LogP contribution >= 0.6 is 11.3 Å². The van der Waals surface area contributed by atoms with Crippen LogP contribution in [0.15, 0.2) is 46.0 Å². The van der Waals surface area contributed by atoms with Crippen molar-refractivity contribution in [1.82, 2.24) is 20.1 Å². The third kappa shape index (κ3) is 5.77. The Hall–Kier alpha value is -3.29. The minimum absolute atomic E-state index is 0.0151. The van der Waals surface area contributed by atoms with Crippen LogP contribution in [0.5, 0.6) is 0 Å². The van der Waals surface area contributed by atoms with Gasteiger partial charge in [0.25, 0.3) is 5.92 Å². The van der Waals surface area contributed by atoms with Crippen LogP contribution < -0.4 is 5.32 Å². The van der Waals surface area contributed by atoms with E-state index in [2.05, 4.69) is 15.3 Å². The second-order valence-electron chi connectivity index (χ2n) is 13.1. The number of ether oxygens (including phenoxy) is 1. The number of aliphatic carboxylic acids is 1. The van der Waals surface area contributed by atoms with Gasteiger partial charge in [0.1, 0.15) is 17.5 Å². The Morgan fingerprint density at radius 3 is 2.64 bits per heavy atom. The van der Waals surface area contributed by atoms with Gasteiger partial charge in [0.15, 0.2) is 10.8 Å². The van der Waals surface area contributed by atoms with Crippen LogP contribution in [0.2, 0.25) is 0 Å². The van der Waals surface area contributed by atoms with E-state index in [0.29, 0.717) is 35.8 Å². The minimum atomic E-state index is -2.98. The summed E-state index contributed by atoms with van der Waals surface area (Å²) >= 11 is 1.30. The molecule has 6 rings (SSSR count). The van der Waals surface area contributed by atoms with Crippen molar-refractivity contribution in [1.29, 1.82) is 0 Å². The lowest BCUT2D eigenvalue weighted by atomic mass is 9.79. The van der Waals surface area contributed by atoms with Crippen LogP contribution in [0.25, 0.3) is 0 Å². The lowest BCUT2D eigenvalue weighted by Crippen LogP contribution is -2.49. The molecule has 4 aliphatic rings. The summed E-state index contributed by atoms with van der Waals surface area (Å²) in [5.74, 6) is -5.83. The van der Waals surface area contributed by atoms with Gasteiger partial charge in [-0.3, -0.25) is 19.6 Å². The molecule has 0 bridgehead atoms. The SMILES string of the molecule is Cc1c(F)cccc1C1N=C(c2nccs2)NC(CN2CC(F)(F)[C@@H]3CN(C4CC(C(=O)OC(C)(C)C)C4)C[C@@H]32)=C1C(=O)O. The van der Waals surface area contributed by atoms with E-state index in [1.54, 1.807) is 29.5 Å². The van der Waals surface area contributed by atoms with Crippen LogP contribution in [0, 0.1) is 24.6 Å². The molecule has 2 saturated heterocycles. The molecule has 0 amide bonds. The fourth-order valence-electron chi connectivity index (χ4n) is 6.81. The lowest BCUT2D eigenvalue weighted by Gasteiger charge is -2.41. The van der Waals surface area contributed by atoms with E-state index >= 15 is 8.78 Å². The Morgan fingerprint density at radius 2 is 1.98 bits per heavy atom. The molecule has 1 aromatic carbocycles. The van der Waals surface area contributed by atoms with Crippen molar-refractivity contribution in [2.24, 2.45) is 16.8 Å². The number of nitrogens with one attached hydrogen (secondary N) is 1. The molecule has 9 nitrogen and oxygen atoms in total. The molecular formula is C31H36F3N5O4S. The number of halogens is 3. The minimum Gasteiger partial charge on any atom is -0.478 e. The first-order chi connectivity index (χ1) is 20.7. The smallest absolute Gasteiger partial charge is 0.335 e. The number of fused-ring (bicyclic) bond motifs is 1. The summed E-state index contributed by atoms with van der Waals surface area (Å²) in [6, 6.07) is 2.89. The Kier molecular flexibility index (Phi) is 7.86. The number of likely N-dealkylation sites (tertiary alicyclic amines) is 2. The molecule has 1 unspecified atom stereocenters. The molecule has 4 heterocycles. The number of amidine groups is 1. The molecule has 3 atom stereocenters. The van der Waals surface area contributed by atoms with Gasteiger partial charge < -0.3 is 15.2 Å². The molecule has 3 fully saturated rings. The van der Waals surface area contributed by atoms with E-state index in [9.17, 15) is 19.1 Å². The highest BCUT2D eigenvalue weighted by molar-refractivity contribution is 7.11. The predicted octanol–water partition coefficient (Wildman–Crippen LogP) is 4.39. The van der Waals surface area contributed by atoms with Crippen molar-refractivity contribution in [3.63, 3.8) is 0 Å². The van der Waals surface area contributed by atoms with Crippen LogP contribution in [0.1, 0.15) is 55.8 Å². The first kappa shape index (κ1) is 30.7. The molecule has 1 saturated carbocycles. The molecule has 3 aliphatic heterocycles. The van der Waals surface area contributed by atoms with Crippen molar-refractivity contribution in [2.45, 2.75) is 70.2 Å². The first-order valence-electron chi connectivity index (χ1n) is 14.8. The number of rotatable bonds is 7. The number of aromatic nitrogens is 1. The third-order valence-electron chi connectivity index (χ3n) is 9.07. The Morgan fingerprint density at radius 1 is 1.23 bits per heavy atom. The van der Waals surface area contributed by atoms with Gasteiger partial charge in [0.05, 0.1) is 24.0 Å². The van der Waals surface area contributed by atoms with E-state index in [0.717, 1.165) is 0 Å². The van der Waals surface area contributed by atoms with Crippen molar-refractivity contribution in [3.05, 3.63) is 63.0 Å². The fourth-order valence-corrected chi connectivity index (χ4v) is 7.40. The number of carbonyl (C=O) groups excluding carboxylic acids is 1. The fraction of sp³-hybridized carbons (Fsp3) is 0.548. The van der Waals surface area contributed by atoms with Gasteiger partial charge in [0, 0.05) is 49.0 Å². The lowest BCUT2D eigenvalue weighted by molar-refractivity contribution is -0.165. The summed E-state index contributed by atoms with van der Waals surface area (Å²) in [5.41, 5.74) is 0.193. The van der Waals surface area contributed by atoms with E-state index in [1.165, 1.54) is 23.5 Å². The summed E-state index contributed by atoms with van der Waals surface area (Å²) in [4.78, 5) is 37.9. The van der Waals surface area contributed by atoms with Gasteiger partial charge in [-0.1, -0.05) is 12.1 Å².